The van der Waals surface area contributed by atoms with Crippen molar-refractivity contribution in [3.05, 3.63) is 0 Å². The van der Waals surface area contributed by atoms with Gasteiger partial charge in [0.05, 0.1) is 13.2 Å². The van der Waals surface area contributed by atoms with Crippen LogP contribution < -0.4 is 5.32 Å². The summed E-state index contributed by atoms with van der Waals surface area (Å²) in [4.78, 5) is 16.4. The molecule has 1 unspecified atom stereocenters. The van der Waals surface area contributed by atoms with Crippen LogP contribution in [0.1, 0.15) is 6.42 Å². The number of hydrogen-bond acceptors (Lipinski definition) is 5. The Balaban J connectivity index is 1.82. The van der Waals surface area contributed by atoms with E-state index >= 15 is 0 Å². The monoisotopic (exact) mass is 257 g/mol. The maximum absolute atomic E-state index is 12.3. The molecule has 2 fully saturated rings. The Morgan fingerprint density at radius 3 is 2.94 bits per heavy atom. The lowest BCUT2D eigenvalue weighted by atomic mass is 10.2. The van der Waals surface area contributed by atoms with Crippen molar-refractivity contribution < 1.29 is 14.6 Å². The molecule has 2 aliphatic heterocycles. The Morgan fingerprint density at radius 1 is 1.33 bits per heavy atom. The molecule has 0 aromatic heterocycles. The predicted molar refractivity (Wildman–Crippen MR) is 67.3 cm³/mol. The number of nitrogens with zero attached hydrogens (tertiary/aromatic N) is 2. The van der Waals surface area contributed by atoms with Crippen LogP contribution in [0.3, 0.4) is 0 Å². The lowest BCUT2D eigenvalue weighted by Gasteiger charge is -2.29. The Morgan fingerprint density at radius 2 is 2.22 bits per heavy atom. The van der Waals surface area contributed by atoms with Crippen molar-refractivity contribution in [2.24, 2.45) is 0 Å². The molecular weight excluding hydrogens is 234 g/mol. The largest absolute Gasteiger partial charge is 0.395 e. The molecule has 18 heavy (non-hydrogen) atoms. The lowest BCUT2D eigenvalue weighted by molar-refractivity contribution is -0.145. The highest BCUT2D eigenvalue weighted by Crippen LogP contribution is 2.07. The van der Waals surface area contributed by atoms with Crippen molar-refractivity contribution in [1.29, 1.82) is 0 Å². The summed E-state index contributed by atoms with van der Waals surface area (Å²) in [6.07, 6.45) is 0.648. The van der Waals surface area contributed by atoms with Crippen LogP contribution in [0.4, 0.5) is 0 Å². The standard InChI is InChI=1S/C12H23N3O3/c16-8-7-14-3-1-4-15(6-5-14)12(17)11-10-13-2-9-18-11/h11,13,16H,1-10H2. The van der Waals surface area contributed by atoms with Gasteiger partial charge in [0.15, 0.2) is 0 Å². The first-order chi connectivity index (χ1) is 8.81. The van der Waals surface area contributed by atoms with Gasteiger partial charge in [0.1, 0.15) is 6.10 Å². The Kier molecular flexibility index (Phi) is 5.37. The van der Waals surface area contributed by atoms with Crippen LogP contribution in [0.2, 0.25) is 0 Å². The van der Waals surface area contributed by atoms with E-state index in [1.165, 1.54) is 0 Å². The van der Waals surface area contributed by atoms with Gasteiger partial charge in [-0.3, -0.25) is 9.69 Å². The van der Waals surface area contributed by atoms with E-state index in [1.807, 2.05) is 4.90 Å². The number of amides is 1. The molecule has 2 heterocycles. The normalized spacial score (nSPS) is 26.9. The van der Waals surface area contributed by atoms with Crippen molar-refractivity contribution in [3.8, 4) is 0 Å². The summed E-state index contributed by atoms with van der Waals surface area (Å²) in [5, 5.41) is 12.1. The molecule has 2 saturated heterocycles. The summed E-state index contributed by atoms with van der Waals surface area (Å²) in [5.74, 6) is 0.105. The number of nitrogens with one attached hydrogen (secondary N) is 1. The van der Waals surface area contributed by atoms with Gasteiger partial charge in [-0.2, -0.15) is 0 Å². The third kappa shape index (κ3) is 3.65. The fourth-order valence-corrected chi connectivity index (χ4v) is 2.48. The zero-order chi connectivity index (χ0) is 12.8. The van der Waals surface area contributed by atoms with E-state index in [2.05, 4.69) is 10.2 Å². The smallest absolute Gasteiger partial charge is 0.253 e. The zero-order valence-electron chi connectivity index (χ0n) is 10.8. The van der Waals surface area contributed by atoms with E-state index in [0.717, 1.165) is 39.1 Å². The lowest BCUT2D eigenvalue weighted by Crippen LogP contribution is -2.50. The molecule has 2 N–H and O–H groups in total. The Labute approximate surface area is 108 Å². The first-order valence-corrected chi connectivity index (χ1v) is 6.75. The summed E-state index contributed by atoms with van der Waals surface area (Å²) in [6, 6.07) is 0. The number of morpholine rings is 1. The molecular formula is C12H23N3O3. The maximum Gasteiger partial charge on any atom is 0.253 e. The fourth-order valence-electron chi connectivity index (χ4n) is 2.48. The molecule has 0 saturated carbocycles. The number of carbonyl (C=O) groups is 1. The van der Waals surface area contributed by atoms with Crippen molar-refractivity contribution in [3.63, 3.8) is 0 Å². The predicted octanol–water partition coefficient (Wildman–Crippen LogP) is -1.50. The minimum Gasteiger partial charge on any atom is -0.395 e. The highest BCUT2D eigenvalue weighted by Gasteiger charge is 2.27. The van der Waals surface area contributed by atoms with Crippen molar-refractivity contribution in [2.75, 3.05) is 59.0 Å². The van der Waals surface area contributed by atoms with E-state index in [0.29, 0.717) is 19.7 Å². The van der Waals surface area contributed by atoms with Gasteiger partial charge >= 0.3 is 0 Å². The molecule has 2 aliphatic rings. The van der Waals surface area contributed by atoms with Crippen LogP contribution in [0.15, 0.2) is 0 Å². The molecule has 0 aromatic carbocycles. The number of hydrogen-bond donors (Lipinski definition) is 2. The quantitative estimate of drug-likeness (QED) is 0.644. The van der Waals surface area contributed by atoms with Crippen molar-refractivity contribution >= 4 is 5.91 Å². The average Bonchev–Trinajstić information content (AvgIpc) is 2.65. The van der Waals surface area contributed by atoms with Gasteiger partial charge in [0.2, 0.25) is 0 Å². The zero-order valence-corrected chi connectivity index (χ0v) is 10.8. The SMILES string of the molecule is O=C(C1CNCCO1)N1CCCN(CCO)CC1. The van der Waals surface area contributed by atoms with Crippen molar-refractivity contribution in [1.82, 2.24) is 15.1 Å². The maximum atomic E-state index is 12.3. The highest BCUT2D eigenvalue weighted by molar-refractivity contribution is 5.81. The summed E-state index contributed by atoms with van der Waals surface area (Å²) in [7, 11) is 0. The van der Waals surface area contributed by atoms with Gasteiger partial charge in [-0.25, -0.2) is 0 Å². The van der Waals surface area contributed by atoms with Gasteiger partial charge in [-0.15, -0.1) is 0 Å². The summed E-state index contributed by atoms with van der Waals surface area (Å²) in [5.41, 5.74) is 0. The van der Waals surface area contributed by atoms with E-state index in [1.54, 1.807) is 0 Å². The van der Waals surface area contributed by atoms with Gasteiger partial charge in [0, 0.05) is 39.3 Å². The molecule has 0 aliphatic carbocycles. The molecule has 0 bridgehead atoms. The van der Waals surface area contributed by atoms with Crippen LogP contribution in [0.25, 0.3) is 0 Å². The number of aliphatic hydroxyl groups is 1. The van der Waals surface area contributed by atoms with Gasteiger partial charge in [0.25, 0.3) is 5.91 Å². The van der Waals surface area contributed by atoms with Crippen LogP contribution in [-0.2, 0) is 9.53 Å². The first-order valence-electron chi connectivity index (χ1n) is 6.75. The third-order valence-corrected chi connectivity index (χ3v) is 3.52. The summed E-state index contributed by atoms with van der Waals surface area (Å²) in [6.45, 7) is 6.26. The minimum absolute atomic E-state index is 0.105. The number of ether oxygens (including phenoxy) is 1. The molecule has 104 valence electrons. The molecule has 0 radical (unpaired) electrons. The molecule has 1 atom stereocenters. The Bertz CT molecular complexity index is 269. The summed E-state index contributed by atoms with van der Waals surface area (Å²) >= 11 is 0. The van der Waals surface area contributed by atoms with Crippen molar-refractivity contribution in [2.45, 2.75) is 12.5 Å². The molecule has 1 amide bonds. The molecule has 6 nitrogen and oxygen atoms in total. The molecule has 2 rings (SSSR count). The second-order valence-electron chi connectivity index (χ2n) is 4.81. The molecule has 0 spiro atoms. The number of carbonyl (C=O) groups excluding carboxylic acids is 1. The van der Waals surface area contributed by atoms with Gasteiger partial charge in [-0.1, -0.05) is 0 Å². The third-order valence-electron chi connectivity index (χ3n) is 3.52. The fraction of sp³-hybridized carbons (Fsp3) is 0.917. The van der Waals surface area contributed by atoms with Crippen LogP contribution >= 0.6 is 0 Å². The first kappa shape index (κ1) is 13.7. The van der Waals surface area contributed by atoms with Crippen LogP contribution in [-0.4, -0.2) is 85.9 Å². The topological polar surface area (TPSA) is 65.0 Å². The number of β-amino-alcohol motifs (C(OH)–C–C–N with tert-alkyl or cyclic N) is 1. The number of rotatable bonds is 3. The van der Waals surface area contributed by atoms with E-state index in [4.69, 9.17) is 9.84 Å². The van der Waals surface area contributed by atoms with Crippen LogP contribution in [0, 0.1) is 0 Å². The minimum atomic E-state index is -0.317. The summed E-state index contributed by atoms with van der Waals surface area (Å²) < 4.78 is 5.50. The van der Waals surface area contributed by atoms with Gasteiger partial charge < -0.3 is 20.1 Å². The molecule has 0 aromatic rings. The van der Waals surface area contributed by atoms with E-state index in [9.17, 15) is 4.79 Å². The average molecular weight is 257 g/mol. The Hall–Kier alpha value is -0.690. The van der Waals surface area contributed by atoms with Crippen LogP contribution in [0.5, 0.6) is 0 Å². The molecule has 6 heteroatoms. The van der Waals surface area contributed by atoms with E-state index < -0.39 is 0 Å². The van der Waals surface area contributed by atoms with Gasteiger partial charge in [-0.05, 0) is 13.0 Å². The van der Waals surface area contributed by atoms with E-state index in [-0.39, 0.29) is 18.6 Å². The number of aliphatic hydroxyl groups excluding tert-OH is 1. The highest BCUT2D eigenvalue weighted by atomic mass is 16.5. The second kappa shape index (κ2) is 7.04. The second-order valence-corrected chi connectivity index (χ2v) is 4.81.